The van der Waals surface area contributed by atoms with Crippen LogP contribution in [0.4, 0.5) is 5.69 Å². The summed E-state index contributed by atoms with van der Waals surface area (Å²) in [6.07, 6.45) is 0.328. The minimum absolute atomic E-state index is 0.0878. The van der Waals surface area contributed by atoms with Crippen LogP contribution >= 0.6 is 0 Å². The first-order valence-electron chi connectivity index (χ1n) is 8.29. The Hall–Kier alpha value is -3.15. The molecule has 2 N–H and O–H groups in total. The minimum atomic E-state index is -0.430. The first-order chi connectivity index (χ1) is 12.5. The van der Waals surface area contributed by atoms with Gasteiger partial charge < -0.3 is 15.4 Å². The van der Waals surface area contributed by atoms with Crippen LogP contribution < -0.4 is 15.4 Å². The smallest absolute Gasteiger partial charge is 0.233 e. The molecule has 2 aromatic rings. The lowest BCUT2D eigenvalue weighted by Crippen LogP contribution is -2.29. The van der Waals surface area contributed by atoms with Crippen molar-refractivity contribution in [3.63, 3.8) is 0 Å². The molecular weight excluding hydrogens is 332 g/mol. The number of carbonyl (C=O) groups excluding carboxylic acids is 3. The van der Waals surface area contributed by atoms with Gasteiger partial charge in [-0.1, -0.05) is 30.3 Å². The molecule has 0 heterocycles. The van der Waals surface area contributed by atoms with Gasteiger partial charge in [0.15, 0.2) is 5.78 Å². The maximum atomic E-state index is 12.0. The van der Waals surface area contributed by atoms with Gasteiger partial charge in [-0.2, -0.15) is 0 Å². The third-order valence-corrected chi connectivity index (χ3v) is 3.78. The molecule has 2 rings (SSSR count). The molecule has 26 heavy (non-hydrogen) atoms. The molecular formula is C20H22N2O4. The molecule has 0 aliphatic heterocycles. The van der Waals surface area contributed by atoms with Gasteiger partial charge in [-0.3, -0.25) is 14.4 Å². The number of rotatable bonds is 8. The maximum absolute atomic E-state index is 12.0. The third-order valence-electron chi connectivity index (χ3n) is 3.78. The number of methoxy groups -OCH3 is 1. The van der Waals surface area contributed by atoms with E-state index < -0.39 is 5.91 Å². The van der Waals surface area contributed by atoms with Gasteiger partial charge in [0.25, 0.3) is 0 Å². The molecule has 2 amide bonds. The molecule has 0 atom stereocenters. The first-order valence-corrected chi connectivity index (χ1v) is 8.29. The fourth-order valence-corrected chi connectivity index (χ4v) is 2.48. The summed E-state index contributed by atoms with van der Waals surface area (Å²) in [5.74, 6) is -0.111. The number of anilines is 1. The number of hydrogen-bond acceptors (Lipinski definition) is 4. The topological polar surface area (TPSA) is 84.5 Å². The quantitative estimate of drug-likeness (QED) is 0.564. The van der Waals surface area contributed by atoms with Crippen molar-refractivity contribution in [3.05, 3.63) is 59.7 Å². The van der Waals surface area contributed by atoms with E-state index in [1.54, 1.807) is 31.4 Å². The van der Waals surface area contributed by atoms with Gasteiger partial charge in [-0.05, 0) is 37.1 Å². The van der Waals surface area contributed by atoms with E-state index in [0.717, 1.165) is 11.3 Å². The van der Waals surface area contributed by atoms with Crippen molar-refractivity contribution >= 4 is 23.3 Å². The predicted molar refractivity (Wildman–Crippen MR) is 99.4 cm³/mol. The molecule has 0 saturated heterocycles. The number of ketones is 1. The molecule has 0 saturated carbocycles. The Morgan fingerprint density at radius 2 is 1.77 bits per heavy atom. The zero-order chi connectivity index (χ0) is 18.9. The Morgan fingerprint density at radius 1 is 1.00 bits per heavy atom. The lowest BCUT2D eigenvalue weighted by molar-refractivity contribution is -0.126. The van der Waals surface area contributed by atoms with Crippen LogP contribution in [-0.4, -0.2) is 31.3 Å². The van der Waals surface area contributed by atoms with Gasteiger partial charge in [0.1, 0.15) is 12.2 Å². The summed E-state index contributed by atoms with van der Waals surface area (Å²) in [6, 6.07) is 14.2. The summed E-state index contributed by atoms with van der Waals surface area (Å²) in [5, 5.41) is 5.34. The number of amides is 2. The zero-order valence-electron chi connectivity index (χ0n) is 14.9. The van der Waals surface area contributed by atoms with Crippen LogP contribution in [0.25, 0.3) is 0 Å². The number of para-hydroxylation sites is 1. The van der Waals surface area contributed by atoms with Crippen molar-refractivity contribution in [2.45, 2.75) is 19.8 Å². The predicted octanol–water partition coefficient (Wildman–Crippen LogP) is 2.59. The van der Waals surface area contributed by atoms with E-state index in [4.69, 9.17) is 4.74 Å². The normalized spacial score (nSPS) is 10.1. The lowest BCUT2D eigenvalue weighted by Gasteiger charge is -2.09. The highest BCUT2D eigenvalue weighted by atomic mass is 16.5. The molecule has 2 aromatic carbocycles. The Kier molecular flexibility index (Phi) is 6.91. The first kappa shape index (κ1) is 19.2. The molecule has 0 radical (unpaired) electrons. The Balaban J connectivity index is 1.79. The van der Waals surface area contributed by atoms with Crippen LogP contribution in [0, 0.1) is 0 Å². The van der Waals surface area contributed by atoms with E-state index in [0.29, 0.717) is 24.2 Å². The summed E-state index contributed by atoms with van der Waals surface area (Å²) < 4.78 is 5.26. The van der Waals surface area contributed by atoms with Crippen molar-refractivity contribution in [3.8, 4) is 5.75 Å². The Morgan fingerprint density at radius 3 is 2.50 bits per heavy atom. The second-order valence-corrected chi connectivity index (χ2v) is 5.77. The molecule has 6 heteroatoms. The third kappa shape index (κ3) is 5.73. The molecule has 0 aliphatic carbocycles. The number of ether oxygens (including phenoxy) is 1. The number of nitrogens with one attached hydrogen (secondary N) is 2. The SMILES string of the molecule is COc1ccccc1CCNC(=O)CC(=O)Nc1cccc(C(C)=O)c1. The van der Waals surface area contributed by atoms with Crippen molar-refractivity contribution in [1.29, 1.82) is 0 Å². The Bertz CT molecular complexity index is 802. The van der Waals surface area contributed by atoms with Crippen LogP contribution in [-0.2, 0) is 16.0 Å². The van der Waals surface area contributed by atoms with Gasteiger partial charge in [0.05, 0.1) is 7.11 Å². The summed E-state index contributed by atoms with van der Waals surface area (Å²) in [4.78, 5) is 35.2. The lowest BCUT2D eigenvalue weighted by atomic mass is 10.1. The average molecular weight is 354 g/mol. The summed E-state index contributed by atoms with van der Waals surface area (Å²) in [6.45, 7) is 1.86. The number of benzene rings is 2. The van der Waals surface area contributed by atoms with Crippen LogP contribution in [0.5, 0.6) is 5.75 Å². The molecule has 0 bridgehead atoms. The van der Waals surface area contributed by atoms with Crippen molar-refractivity contribution in [2.24, 2.45) is 0 Å². The van der Waals surface area contributed by atoms with E-state index in [9.17, 15) is 14.4 Å². The Labute approximate surface area is 152 Å². The van der Waals surface area contributed by atoms with Gasteiger partial charge in [-0.15, -0.1) is 0 Å². The molecule has 0 fully saturated rings. The fraction of sp³-hybridized carbons (Fsp3) is 0.250. The van der Waals surface area contributed by atoms with Crippen molar-refractivity contribution in [1.82, 2.24) is 5.32 Å². The number of carbonyl (C=O) groups is 3. The van der Waals surface area contributed by atoms with Crippen molar-refractivity contribution in [2.75, 3.05) is 19.0 Å². The molecule has 136 valence electrons. The largest absolute Gasteiger partial charge is 0.496 e. The average Bonchev–Trinajstić information content (AvgIpc) is 2.62. The van der Waals surface area contributed by atoms with Gasteiger partial charge >= 0.3 is 0 Å². The van der Waals surface area contributed by atoms with Crippen LogP contribution in [0.1, 0.15) is 29.3 Å². The van der Waals surface area contributed by atoms with E-state index in [1.807, 2.05) is 24.3 Å². The maximum Gasteiger partial charge on any atom is 0.233 e. The van der Waals surface area contributed by atoms with Crippen molar-refractivity contribution < 1.29 is 19.1 Å². The number of Topliss-reactive ketones (excluding diaryl/α,β-unsaturated/α-hetero) is 1. The second-order valence-electron chi connectivity index (χ2n) is 5.77. The second kappa shape index (κ2) is 9.36. The standard InChI is InChI=1S/C20H22N2O4/c1-14(23)16-7-5-8-17(12-16)22-20(25)13-19(24)21-11-10-15-6-3-4-9-18(15)26-2/h3-9,12H,10-11,13H2,1-2H3,(H,21,24)(H,22,25). The molecule has 0 spiro atoms. The van der Waals surface area contributed by atoms with E-state index in [1.165, 1.54) is 6.92 Å². The van der Waals surface area contributed by atoms with Gasteiger partial charge in [0, 0.05) is 17.8 Å². The molecule has 6 nitrogen and oxygen atoms in total. The summed E-state index contributed by atoms with van der Waals surface area (Å²) in [5.41, 5.74) is 1.98. The van der Waals surface area contributed by atoms with E-state index in [2.05, 4.69) is 10.6 Å². The highest BCUT2D eigenvalue weighted by Gasteiger charge is 2.10. The number of hydrogen-bond donors (Lipinski definition) is 2. The molecule has 0 aromatic heterocycles. The van der Waals surface area contributed by atoms with E-state index in [-0.39, 0.29) is 18.1 Å². The van der Waals surface area contributed by atoms with Crippen LogP contribution in [0.3, 0.4) is 0 Å². The fourth-order valence-electron chi connectivity index (χ4n) is 2.48. The summed E-state index contributed by atoms with van der Waals surface area (Å²) >= 11 is 0. The summed E-state index contributed by atoms with van der Waals surface area (Å²) in [7, 11) is 1.60. The van der Waals surface area contributed by atoms with Gasteiger partial charge in [0.2, 0.25) is 11.8 Å². The highest BCUT2D eigenvalue weighted by Crippen LogP contribution is 2.17. The zero-order valence-corrected chi connectivity index (χ0v) is 14.9. The highest BCUT2D eigenvalue weighted by molar-refractivity contribution is 6.04. The minimum Gasteiger partial charge on any atom is -0.496 e. The molecule has 0 unspecified atom stereocenters. The van der Waals surface area contributed by atoms with Crippen LogP contribution in [0.15, 0.2) is 48.5 Å². The van der Waals surface area contributed by atoms with E-state index >= 15 is 0 Å². The molecule has 0 aliphatic rings. The van der Waals surface area contributed by atoms with Crippen LogP contribution in [0.2, 0.25) is 0 Å². The monoisotopic (exact) mass is 354 g/mol. The van der Waals surface area contributed by atoms with Gasteiger partial charge in [-0.25, -0.2) is 0 Å².